The minimum absolute atomic E-state index is 0.457. The molecule has 4 nitrogen and oxygen atoms in total. The van der Waals surface area contributed by atoms with Crippen LogP contribution in [0.3, 0.4) is 0 Å². The van der Waals surface area contributed by atoms with Crippen molar-refractivity contribution < 1.29 is 5.11 Å². The molecule has 0 radical (unpaired) electrons. The van der Waals surface area contributed by atoms with Gasteiger partial charge in [0.1, 0.15) is 5.82 Å². The van der Waals surface area contributed by atoms with E-state index in [4.69, 9.17) is 0 Å². The Bertz CT molecular complexity index is 683. The molecule has 1 fully saturated rings. The van der Waals surface area contributed by atoms with E-state index in [-0.39, 0.29) is 0 Å². The van der Waals surface area contributed by atoms with E-state index in [1.165, 1.54) is 48.2 Å². The second-order valence-corrected chi connectivity index (χ2v) is 6.37. The van der Waals surface area contributed by atoms with E-state index in [2.05, 4.69) is 40.0 Å². The van der Waals surface area contributed by atoms with E-state index < -0.39 is 6.10 Å². The van der Waals surface area contributed by atoms with Gasteiger partial charge in [-0.2, -0.15) is 0 Å². The predicted molar refractivity (Wildman–Crippen MR) is 86.0 cm³/mol. The fourth-order valence-corrected chi connectivity index (χ4v) is 4.30. The smallest absolute Gasteiger partial charge is 0.112 e. The first-order chi connectivity index (χ1) is 10.2. The largest absolute Gasteiger partial charge is 0.387 e. The van der Waals surface area contributed by atoms with E-state index in [1.807, 2.05) is 7.05 Å². The molecular formula is C17H23N3O. The first kappa shape index (κ1) is 13.2. The lowest BCUT2D eigenvalue weighted by Crippen LogP contribution is -2.39. The summed E-state index contributed by atoms with van der Waals surface area (Å²) in [5.41, 5.74) is 3.77. The summed E-state index contributed by atoms with van der Waals surface area (Å²) in [6.07, 6.45) is 2.09. The first-order valence-electron chi connectivity index (χ1n) is 7.91. The van der Waals surface area contributed by atoms with Crippen LogP contribution >= 0.6 is 0 Å². The maximum Gasteiger partial charge on any atom is 0.112 e. The zero-order valence-electron chi connectivity index (χ0n) is 12.8. The molecule has 0 amide bonds. The fourth-order valence-electron chi connectivity index (χ4n) is 4.30. The van der Waals surface area contributed by atoms with Crippen LogP contribution in [0.2, 0.25) is 0 Å². The van der Waals surface area contributed by atoms with Crippen molar-refractivity contribution in [1.82, 2.24) is 9.88 Å². The summed E-state index contributed by atoms with van der Waals surface area (Å²) >= 11 is 0. The Morgan fingerprint density at radius 3 is 2.81 bits per heavy atom. The number of likely N-dealkylation sites (N-methyl/N-ethyl adjacent to an activating group) is 1. The number of fused-ring (bicyclic) bond motifs is 3. The van der Waals surface area contributed by atoms with Crippen molar-refractivity contribution in [2.75, 3.05) is 31.6 Å². The summed E-state index contributed by atoms with van der Waals surface area (Å²) in [6, 6.07) is 6.38. The fraction of sp³-hybridized carbons (Fsp3) is 0.529. The Hall–Kier alpha value is -1.52. The normalized spacial score (nSPS) is 19.3. The molecule has 112 valence electrons. The van der Waals surface area contributed by atoms with Crippen molar-refractivity contribution >= 4 is 16.7 Å². The van der Waals surface area contributed by atoms with Gasteiger partial charge in [0.2, 0.25) is 0 Å². The van der Waals surface area contributed by atoms with Crippen molar-refractivity contribution in [3.63, 3.8) is 0 Å². The van der Waals surface area contributed by atoms with Gasteiger partial charge in [0, 0.05) is 43.2 Å². The zero-order valence-corrected chi connectivity index (χ0v) is 12.8. The van der Waals surface area contributed by atoms with E-state index in [9.17, 15) is 5.11 Å². The topological polar surface area (TPSA) is 40.4 Å². The molecule has 1 saturated heterocycles. The first-order valence-corrected chi connectivity index (χ1v) is 7.91. The number of rotatable bonds is 3. The van der Waals surface area contributed by atoms with Gasteiger partial charge in [-0.15, -0.1) is 0 Å². The van der Waals surface area contributed by atoms with Crippen molar-refractivity contribution in [2.24, 2.45) is 7.05 Å². The van der Waals surface area contributed by atoms with Crippen LogP contribution in [0.1, 0.15) is 36.0 Å². The molecule has 0 aliphatic carbocycles. The van der Waals surface area contributed by atoms with Crippen LogP contribution < -0.4 is 10.2 Å². The van der Waals surface area contributed by atoms with Gasteiger partial charge in [-0.3, -0.25) is 0 Å². The predicted octanol–water partition coefficient (Wildman–Crippen LogP) is 2.13. The van der Waals surface area contributed by atoms with Gasteiger partial charge in [-0.25, -0.2) is 0 Å². The van der Waals surface area contributed by atoms with Crippen molar-refractivity contribution in [1.29, 1.82) is 0 Å². The third-order valence-corrected chi connectivity index (χ3v) is 5.21. The molecule has 3 aliphatic heterocycles. The Kier molecular flexibility index (Phi) is 2.98. The maximum absolute atomic E-state index is 10.5. The number of anilines is 1. The number of benzene rings is 1. The summed E-state index contributed by atoms with van der Waals surface area (Å²) in [5.74, 6) is 2.09. The minimum atomic E-state index is -0.457. The molecule has 1 atom stereocenters. The third kappa shape index (κ3) is 1.75. The minimum Gasteiger partial charge on any atom is -0.387 e. The number of nitrogens with zero attached hydrogens (tertiary/aromatic N) is 2. The quantitative estimate of drug-likeness (QED) is 0.907. The molecule has 1 aromatic carbocycles. The van der Waals surface area contributed by atoms with Crippen molar-refractivity contribution in [3.05, 3.63) is 29.3 Å². The van der Waals surface area contributed by atoms with Crippen LogP contribution in [0.15, 0.2) is 18.2 Å². The third-order valence-electron chi connectivity index (χ3n) is 5.21. The highest BCUT2D eigenvalue weighted by Crippen LogP contribution is 2.48. The van der Waals surface area contributed by atoms with Gasteiger partial charge in [0.25, 0.3) is 0 Å². The Morgan fingerprint density at radius 1 is 1.33 bits per heavy atom. The monoisotopic (exact) mass is 285 g/mol. The van der Waals surface area contributed by atoms with Crippen LogP contribution in [0, 0.1) is 0 Å². The molecule has 1 unspecified atom stereocenters. The lowest BCUT2D eigenvalue weighted by atomic mass is 9.84. The number of hydrogen-bond acceptors (Lipinski definition) is 3. The molecule has 0 spiro atoms. The Balaban J connectivity index is 1.98. The number of aromatic nitrogens is 1. The van der Waals surface area contributed by atoms with Crippen LogP contribution in [0.4, 0.5) is 5.82 Å². The molecule has 5 rings (SSSR count). The second-order valence-electron chi connectivity index (χ2n) is 6.37. The van der Waals surface area contributed by atoms with Gasteiger partial charge >= 0.3 is 0 Å². The molecule has 4 heterocycles. The van der Waals surface area contributed by atoms with Gasteiger partial charge in [-0.05, 0) is 25.8 Å². The molecule has 2 bridgehead atoms. The summed E-state index contributed by atoms with van der Waals surface area (Å²) in [5, 5.41) is 14.9. The molecule has 21 heavy (non-hydrogen) atoms. The van der Waals surface area contributed by atoms with Gasteiger partial charge in [0.15, 0.2) is 0 Å². The summed E-state index contributed by atoms with van der Waals surface area (Å²) in [6.45, 7) is 2.94. The molecule has 1 aromatic heterocycles. The van der Waals surface area contributed by atoms with Crippen molar-refractivity contribution in [3.8, 4) is 0 Å². The summed E-state index contributed by atoms with van der Waals surface area (Å²) < 4.78 is 2.31. The maximum atomic E-state index is 10.5. The molecule has 4 heteroatoms. The highest BCUT2D eigenvalue weighted by molar-refractivity contribution is 5.94. The molecule has 3 aliphatic rings. The number of aliphatic hydroxyl groups is 1. The number of piperidine rings is 1. The van der Waals surface area contributed by atoms with E-state index >= 15 is 0 Å². The van der Waals surface area contributed by atoms with Crippen LogP contribution in [-0.4, -0.2) is 36.4 Å². The average molecular weight is 285 g/mol. The SMILES string of the molecule is CNCC(O)c1cccc2c3c(n(C)c12)N1CCC3CC1. The summed E-state index contributed by atoms with van der Waals surface area (Å²) in [7, 11) is 4.03. The second kappa shape index (κ2) is 4.75. The number of aliphatic hydroxyl groups excluding tert-OH is 1. The lowest BCUT2D eigenvalue weighted by molar-refractivity contribution is 0.179. The standard InChI is InChI=1S/C17H23N3O/c1-18-10-14(21)12-4-3-5-13-15-11-6-8-20(9-7-11)17(15)19(2)16(12)13/h3-5,11,14,18,21H,6-10H2,1-2H3. The molecule has 2 aromatic rings. The van der Waals surface area contributed by atoms with Gasteiger partial charge < -0.3 is 19.9 Å². The average Bonchev–Trinajstić information content (AvgIpc) is 2.85. The zero-order chi connectivity index (χ0) is 14.6. The number of aryl methyl sites for hydroxylation is 1. The Morgan fingerprint density at radius 2 is 2.10 bits per heavy atom. The van der Waals surface area contributed by atoms with Crippen LogP contribution in [0.25, 0.3) is 10.9 Å². The number of nitrogens with one attached hydrogen (secondary N) is 1. The number of para-hydroxylation sites is 1. The number of hydrogen-bond donors (Lipinski definition) is 2. The van der Waals surface area contributed by atoms with E-state index in [0.717, 1.165) is 5.56 Å². The Labute approximate surface area is 125 Å². The van der Waals surface area contributed by atoms with E-state index in [1.54, 1.807) is 0 Å². The highest BCUT2D eigenvalue weighted by atomic mass is 16.3. The summed E-state index contributed by atoms with van der Waals surface area (Å²) in [4.78, 5) is 2.52. The van der Waals surface area contributed by atoms with Gasteiger partial charge in [-0.1, -0.05) is 18.2 Å². The van der Waals surface area contributed by atoms with Gasteiger partial charge in [0.05, 0.1) is 11.6 Å². The van der Waals surface area contributed by atoms with E-state index in [0.29, 0.717) is 12.5 Å². The lowest BCUT2D eigenvalue weighted by Gasteiger charge is -2.41. The van der Waals surface area contributed by atoms with Crippen molar-refractivity contribution in [2.45, 2.75) is 24.9 Å². The highest BCUT2D eigenvalue weighted by Gasteiger charge is 2.36. The van der Waals surface area contributed by atoms with Crippen LogP contribution in [-0.2, 0) is 7.05 Å². The molecular weight excluding hydrogens is 262 g/mol. The van der Waals surface area contributed by atoms with Crippen LogP contribution in [0.5, 0.6) is 0 Å². The molecule has 0 saturated carbocycles. The molecule has 2 N–H and O–H groups in total.